The molecule has 2 nitrogen and oxygen atoms in total. The summed E-state index contributed by atoms with van der Waals surface area (Å²) < 4.78 is 2.14. The van der Waals surface area contributed by atoms with Crippen molar-refractivity contribution >= 4 is 15.9 Å². The largest absolute Gasteiger partial charge is 0.270 e. The van der Waals surface area contributed by atoms with Crippen molar-refractivity contribution in [2.24, 2.45) is 5.41 Å². The minimum absolute atomic E-state index is 0.513. The van der Waals surface area contributed by atoms with E-state index in [-0.39, 0.29) is 0 Å². The zero-order valence-electron chi connectivity index (χ0n) is 9.76. The smallest absolute Gasteiger partial charge is 0.0596 e. The maximum atomic E-state index is 4.50. The summed E-state index contributed by atoms with van der Waals surface area (Å²) in [4.78, 5) is 0.616. The first-order valence-electron chi connectivity index (χ1n) is 5.75. The number of alkyl halides is 1. The molecule has 0 saturated heterocycles. The molecule has 15 heavy (non-hydrogen) atoms. The van der Waals surface area contributed by atoms with Crippen LogP contribution in [0.1, 0.15) is 38.1 Å². The highest BCUT2D eigenvalue weighted by atomic mass is 79.9. The van der Waals surface area contributed by atoms with Gasteiger partial charge in [0.25, 0.3) is 0 Å². The van der Waals surface area contributed by atoms with E-state index in [1.165, 1.54) is 25.0 Å². The molecule has 2 rings (SSSR count). The van der Waals surface area contributed by atoms with E-state index in [1.807, 2.05) is 0 Å². The van der Waals surface area contributed by atoms with Gasteiger partial charge in [-0.1, -0.05) is 22.9 Å². The number of hydrogen-bond donors (Lipinski definition) is 0. The number of hydrogen-bond acceptors (Lipinski definition) is 1. The Morgan fingerprint density at radius 1 is 1.60 bits per heavy atom. The minimum Gasteiger partial charge on any atom is -0.270 e. The molecule has 1 aliphatic rings. The van der Waals surface area contributed by atoms with Crippen molar-refractivity contribution < 1.29 is 0 Å². The van der Waals surface area contributed by atoms with Crippen molar-refractivity contribution in [3.63, 3.8) is 0 Å². The van der Waals surface area contributed by atoms with Crippen LogP contribution < -0.4 is 0 Å². The van der Waals surface area contributed by atoms with Crippen LogP contribution in [0.4, 0.5) is 0 Å². The van der Waals surface area contributed by atoms with Crippen LogP contribution in [0.25, 0.3) is 0 Å². The van der Waals surface area contributed by atoms with Gasteiger partial charge in [0.05, 0.1) is 5.69 Å². The molecule has 0 aliphatic heterocycles. The highest BCUT2D eigenvalue weighted by molar-refractivity contribution is 9.09. The fourth-order valence-electron chi connectivity index (χ4n) is 2.25. The standard InChI is InChI=1S/C12H19BrN2/c1-4-15-11(7-9(2)14-15)8-12(5-6-12)10(3)13/h7,10H,4-6,8H2,1-3H3. The van der Waals surface area contributed by atoms with Crippen molar-refractivity contribution in [2.45, 2.75) is 51.4 Å². The Hall–Kier alpha value is -0.310. The van der Waals surface area contributed by atoms with E-state index in [1.54, 1.807) is 0 Å². The number of aromatic nitrogens is 2. The second kappa shape index (κ2) is 3.93. The van der Waals surface area contributed by atoms with Crippen LogP contribution in [-0.4, -0.2) is 14.6 Å². The van der Waals surface area contributed by atoms with E-state index in [2.05, 4.69) is 52.5 Å². The van der Waals surface area contributed by atoms with E-state index in [9.17, 15) is 0 Å². The minimum atomic E-state index is 0.513. The monoisotopic (exact) mass is 270 g/mol. The predicted octanol–water partition coefficient (Wildman–Crippen LogP) is 3.32. The van der Waals surface area contributed by atoms with Crippen molar-refractivity contribution in [1.29, 1.82) is 0 Å². The van der Waals surface area contributed by atoms with Crippen LogP contribution in [-0.2, 0) is 13.0 Å². The molecule has 1 aliphatic carbocycles. The summed E-state index contributed by atoms with van der Waals surface area (Å²) >= 11 is 3.74. The molecule has 1 heterocycles. The summed E-state index contributed by atoms with van der Waals surface area (Å²) in [7, 11) is 0. The number of aryl methyl sites for hydroxylation is 2. The number of rotatable bonds is 4. The lowest BCUT2D eigenvalue weighted by Gasteiger charge is -2.18. The molecule has 0 aromatic carbocycles. The van der Waals surface area contributed by atoms with Crippen molar-refractivity contribution in [1.82, 2.24) is 9.78 Å². The molecule has 1 unspecified atom stereocenters. The average molecular weight is 271 g/mol. The molecule has 0 bridgehead atoms. The maximum absolute atomic E-state index is 4.50. The van der Waals surface area contributed by atoms with Crippen LogP contribution in [0.15, 0.2) is 6.07 Å². The van der Waals surface area contributed by atoms with Crippen LogP contribution in [0, 0.1) is 12.3 Å². The third-order valence-corrected chi connectivity index (χ3v) is 4.53. The topological polar surface area (TPSA) is 17.8 Å². The molecule has 0 amide bonds. The normalized spacial score (nSPS) is 20.3. The first-order chi connectivity index (χ1) is 7.07. The predicted molar refractivity (Wildman–Crippen MR) is 66.4 cm³/mol. The molecule has 3 heteroatoms. The Morgan fingerprint density at radius 2 is 2.27 bits per heavy atom. The molecule has 0 spiro atoms. The zero-order chi connectivity index (χ0) is 11.1. The fraction of sp³-hybridized carbons (Fsp3) is 0.750. The van der Waals surface area contributed by atoms with Gasteiger partial charge < -0.3 is 0 Å². The van der Waals surface area contributed by atoms with Crippen LogP contribution >= 0.6 is 15.9 Å². The Balaban J connectivity index is 2.17. The van der Waals surface area contributed by atoms with Gasteiger partial charge in [0.1, 0.15) is 0 Å². The first kappa shape index (κ1) is 11.2. The van der Waals surface area contributed by atoms with Gasteiger partial charge in [0, 0.05) is 17.1 Å². The summed E-state index contributed by atoms with van der Waals surface area (Å²) in [5.74, 6) is 0. The highest BCUT2D eigenvalue weighted by Gasteiger charge is 2.46. The van der Waals surface area contributed by atoms with Gasteiger partial charge in [-0.25, -0.2) is 0 Å². The number of halogens is 1. The number of nitrogens with zero attached hydrogens (tertiary/aromatic N) is 2. The van der Waals surface area contributed by atoms with Gasteiger partial charge in [-0.05, 0) is 44.6 Å². The van der Waals surface area contributed by atoms with E-state index in [4.69, 9.17) is 0 Å². The summed E-state index contributed by atoms with van der Waals surface area (Å²) in [6, 6.07) is 2.24. The molecule has 1 aromatic rings. The second-order valence-corrected chi connectivity index (χ2v) is 6.12. The molecular formula is C12H19BrN2. The van der Waals surface area contributed by atoms with E-state index >= 15 is 0 Å². The molecule has 84 valence electrons. The van der Waals surface area contributed by atoms with Crippen LogP contribution in [0.2, 0.25) is 0 Å². The van der Waals surface area contributed by atoms with Gasteiger partial charge in [0.15, 0.2) is 0 Å². The average Bonchev–Trinajstić information content (AvgIpc) is 2.86. The molecule has 1 fully saturated rings. The summed E-state index contributed by atoms with van der Waals surface area (Å²) in [5, 5.41) is 4.50. The molecule has 0 N–H and O–H groups in total. The quantitative estimate of drug-likeness (QED) is 0.768. The summed E-state index contributed by atoms with van der Waals surface area (Å²) in [6.45, 7) is 7.49. The lowest BCUT2D eigenvalue weighted by molar-refractivity contribution is 0.477. The first-order valence-corrected chi connectivity index (χ1v) is 6.66. The maximum Gasteiger partial charge on any atom is 0.0596 e. The van der Waals surface area contributed by atoms with Gasteiger partial charge in [0.2, 0.25) is 0 Å². The van der Waals surface area contributed by atoms with Crippen LogP contribution in [0.3, 0.4) is 0 Å². The second-order valence-electron chi connectivity index (χ2n) is 4.75. The molecule has 1 aromatic heterocycles. The lowest BCUT2D eigenvalue weighted by atomic mass is 9.97. The lowest BCUT2D eigenvalue weighted by Crippen LogP contribution is -2.17. The third-order valence-electron chi connectivity index (χ3n) is 3.55. The van der Waals surface area contributed by atoms with Crippen molar-refractivity contribution in [3.05, 3.63) is 17.5 Å². The SMILES string of the molecule is CCn1nc(C)cc1CC1(C(C)Br)CC1. The molecule has 1 saturated carbocycles. The third kappa shape index (κ3) is 2.12. The zero-order valence-corrected chi connectivity index (χ0v) is 11.3. The molecule has 1 atom stereocenters. The Bertz CT molecular complexity index is 351. The van der Waals surface area contributed by atoms with Crippen molar-refractivity contribution in [2.75, 3.05) is 0 Å². The Kier molecular flexibility index (Phi) is 2.93. The van der Waals surface area contributed by atoms with Gasteiger partial charge in [-0.3, -0.25) is 4.68 Å². The fourth-order valence-corrected chi connectivity index (χ4v) is 2.87. The highest BCUT2D eigenvalue weighted by Crippen LogP contribution is 2.53. The van der Waals surface area contributed by atoms with E-state index < -0.39 is 0 Å². The van der Waals surface area contributed by atoms with Gasteiger partial charge in [-0.15, -0.1) is 0 Å². The Labute approximate surface area is 100 Å². The molecular weight excluding hydrogens is 252 g/mol. The van der Waals surface area contributed by atoms with Gasteiger partial charge >= 0.3 is 0 Å². The van der Waals surface area contributed by atoms with E-state index in [0.29, 0.717) is 10.2 Å². The Morgan fingerprint density at radius 3 is 2.73 bits per heavy atom. The summed E-state index contributed by atoms with van der Waals surface area (Å²) in [6.07, 6.45) is 3.88. The molecule has 0 radical (unpaired) electrons. The van der Waals surface area contributed by atoms with E-state index in [0.717, 1.165) is 12.2 Å². The van der Waals surface area contributed by atoms with Crippen LogP contribution in [0.5, 0.6) is 0 Å². The summed E-state index contributed by atoms with van der Waals surface area (Å²) in [5.41, 5.74) is 3.06. The van der Waals surface area contributed by atoms with Crippen molar-refractivity contribution in [3.8, 4) is 0 Å². The van der Waals surface area contributed by atoms with Gasteiger partial charge in [-0.2, -0.15) is 5.10 Å².